The quantitative estimate of drug-likeness (QED) is 0.868. The number of pyridine rings is 1. The third kappa shape index (κ3) is 4.06. The first-order valence-electron chi connectivity index (χ1n) is 7.90. The van der Waals surface area contributed by atoms with Crippen LogP contribution < -0.4 is 5.32 Å². The largest absolute Gasteiger partial charge is 0.449 e. The highest BCUT2D eigenvalue weighted by Gasteiger charge is 2.30. The van der Waals surface area contributed by atoms with Crippen LogP contribution >= 0.6 is 0 Å². The highest BCUT2D eigenvalue weighted by Crippen LogP contribution is 2.29. The lowest BCUT2D eigenvalue weighted by atomic mass is 9.78. The molecule has 120 valence electrons. The summed E-state index contributed by atoms with van der Waals surface area (Å²) in [5.41, 5.74) is 0.398. The number of ether oxygens (including phenoxy) is 1. The lowest BCUT2D eigenvalue weighted by Crippen LogP contribution is -2.47. The van der Waals surface area contributed by atoms with Crippen molar-refractivity contribution < 1.29 is 14.3 Å². The van der Waals surface area contributed by atoms with E-state index in [-0.39, 0.29) is 11.9 Å². The SMILES string of the molecule is C[C@@H]1[C@H](C)CCC[C@H]1NC(=O)[C@@H](C)OC(=O)c1ccncc1. The van der Waals surface area contributed by atoms with Crippen LogP contribution in [0.1, 0.15) is 50.4 Å². The standard InChI is InChI=1S/C17H24N2O3/c1-11-5-4-6-15(12(11)2)19-16(20)13(3)22-17(21)14-7-9-18-10-8-14/h7-13,15H,4-6H2,1-3H3,(H,19,20)/t11-,12-,13-,15-/m1/s1. The van der Waals surface area contributed by atoms with E-state index in [9.17, 15) is 9.59 Å². The third-order valence-corrected chi connectivity index (χ3v) is 4.60. The molecule has 1 aromatic heterocycles. The van der Waals surface area contributed by atoms with Gasteiger partial charge in [-0.15, -0.1) is 0 Å². The van der Waals surface area contributed by atoms with Crippen molar-refractivity contribution in [1.82, 2.24) is 10.3 Å². The normalized spacial score (nSPS) is 26.0. The summed E-state index contributed by atoms with van der Waals surface area (Å²) >= 11 is 0. The molecule has 1 aromatic rings. The molecule has 1 fully saturated rings. The molecule has 5 nitrogen and oxygen atoms in total. The van der Waals surface area contributed by atoms with Crippen LogP contribution in [0.2, 0.25) is 0 Å². The summed E-state index contributed by atoms with van der Waals surface area (Å²) in [4.78, 5) is 28.0. The van der Waals surface area contributed by atoms with Gasteiger partial charge in [-0.05, 0) is 37.3 Å². The van der Waals surface area contributed by atoms with E-state index in [0.717, 1.165) is 12.8 Å². The Morgan fingerprint density at radius 3 is 2.64 bits per heavy atom. The molecule has 0 unspecified atom stereocenters. The number of carbonyl (C=O) groups excluding carboxylic acids is 2. The molecule has 1 aliphatic rings. The molecule has 0 aliphatic heterocycles. The van der Waals surface area contributed by atoms with Gasteiger partial charge in [-0.1, -0.05) is 26.7 Å². The molecule has 0 saturated heterocycles. The molecule has 0 spiro atoms. The lowest BCUT2D eigenvalue weighted by Gasteiger charge is -2.35. The van der Waals surface area contributed by atoms with Crippen LogP contribution in [0.25, 0.3) is 0 Å². The second kappa shape index (κ2) is 7.38. The van der Waals surface area contributed by atoms with E-state index < -0.39 is 12.1 Å². The van der Waals surface area contributed by atoms with E-state index in [1.807, 2.05) is 0 Å². The van der Waals surface area contributed by atoms with Gasteiger partial charge in [0.15, 0.2) is 6.10 Å². The van der Waals surface area contributed by atoms with Gasteiger partial charge in [0.2, 0.25) is 0 Å². The lowest BCUT2D eigenvalue weighted by molar-refractivity contribution is -0.130. The summed E-state index contributed by atoms with van der Waals surface area (Å²) in [5, 5.41) is 3.03. The zero-order valence-corrected chi connectivity index (χ0v) is 13.4. The fourth-order valence-electron chi connectivity index (χ4n) is 2.86. The molecule has 0 bridgehead atoms. The summed E-state index contributed by atoms with van der Waals surface area (Å²) < 4.78 is 5.22. The number of amides is 1. The van der Waals surface area contributed by atoms with Gasteiger partial charge in [-0.2, -0.15) is 0 Å². The van der Waals surface area contributed by atoms with Crippen molar-refractivity contribution in [3.05, 3.63) is 30.1 Å². The monoisotopic (exact) mass is 304 g/mol. The van der Waals surface area contributed by atoms with E-state index in [0.29, 0.717) is 17.4 Å². The summed E-state index contributed by atoms with van der Waals surface area (Å²) in [6.07, 6.45) is 5.56. The van der Waals surface area contributed by atoms with Gasteiger partial charge in [0.05, 0.1) is 5.56 Å². The summed E-state index contributed by atoms with van der Waals surface area (Å²) in [6.45, 7) is 5.99. The van der Waals surface area contributed by atoms with Crippen LogP contribution in [0.5, 0.6) is 0 Å². The number of carbonyl (C=O) groups is 2. The molecule has 4 atom stereocenters. The molecule has 1 saturated carbocycles. The molecular formula is C17H24N2O3. The van der Waals surface area contributed by atoms with Crippen molar-refractivity contribution in [2.45, 2.75) is 52.2 Å². The van der Waals surface area contributed by atoms with Crippen LogP contribution in [0, 0.1) is 11.8 Å². The van der Waals surface area contributed by atoms with Crippen molar-refractivity contribution in [3.63, 3.8) is 0 Å². The fourth-order valence-corrected chi connectivity index (χ4v) is 2.86. The van der Waals surface area contributed by atoms with Crippen molar-refractivity contribution >= 4 is 11.9 Å². The second-order valence-electron chi connectivity index (χ2n) is 6.17. The van der Waals surface area contributed by atoms with E-state index in [1.165, 1.54) is 18.8 Å². The average Bonchev–Trinajstić information content (AvgIpc) is 2.52. The molecule has 5 heteroatoms. The Bertz CT molecular complexity index is 518. The van der Waals surface area contributed by atoms with Gasteiger partial charge < -0.3 is 10.1 Å². The molecular weight excluding hydrogens is 280 g/mol. The predicted octanol–water partition coefficient (Wildman–Crippen LogP) is 2.57. The third-order valence-electron chi connectivity index (χ3n) is 4.60. The number of esters is 1. The maximum Gasteiger partial charge on any atom is 0.339 e. The van der Waals surface area contributed by atoms with E-state index in [1.54, 1.807) is 19.1 Å². The van der Waals surface area contributed by atoms with Crippen LogP contribution in [-0.4, -0.2) is 29.0 Å². The summed E-state index contributed by atoms with van der Waals surface area (Å²) in [6, 6.07) is 3.30. The minimum Gasteiger partial charge on any atom is -0.449 e. The summed E-state index contributed by atoms with van der Waals surface area (Å²) in [7, 11) is 0. The topological polar surface area (TPSA) is 68.3 Å². The minimum absolute atomic E-state index is 0.165. The van der Waals surface area contributed by atoms with Crippen LogP contribution in [0.4, 0.5) is 0 Å². The maximum absolute atomic E-state index is 12.2. The van der Waals surface area contributed by atoms with Gasteiger partial charge in [0.1, 0.15) is 0 Å². The van der Waals surface area contributed by atoms with Crippen LogP contribution in [0.15, 0.2) is 24.5 Å². The molecule has 2 rings (SSSR count). The minimum atomic E-state index is -0.801. The Kier molecular flexibility index (Phi) is 5.52. The number of aromatic nitrogens is 1. The van der Waals surface area contributed by atoms with Crippen LogP contribution in [0.3, 0.4) is 0 Å². The Balaban J connectivity index is 1.88. The first-order chi connectivity index (χ1) is 10.5. The number of hydrogen-bond donors (Lipinski definition) is 1. The Morgan fingerprint density at radius 2 is 1.95 bits per heavy atom. The fraction of sp³-hybridized carbons (Fsp3) is 0.588. The summed E-state index contributed by atoms with van der Waals surface area (Å²) in [5.74, 6) is 0.318. The average molecular weight is 304 g/mol. The molecule has 22 heavy (non-hydrogen) atoms. The van der Waals surface area contributed by atoms with Crippen molar-refractivity contribution in [1.29, 1.82) is 0 Å². The van der Waals surface area contributed by atoms with Gasteiger partial charge in [0.25, 0.3) is 5.91 Å². The predicted molar refractivity (Wildman–Crippen MR) is 83.2 cm³/mol. The molecule has 1 N–H and O–H groups in total. The maximum atomic E-state index is 12.2. The Hall–Kier alpha value is -1.91. The zero-order chi connectivity index (χ0) is 16.1. The zero-order valence-electron chi connectivity index (χ0n) is 13.4. The molecule has 1 amide bonds. The first-order valence-corrected chi connectivity index (χ1v) is 7.90. The van der Waals surface area contributed by atoms with E-state index in [2.05, 4.69) is 24.1 Å². The van der Waals surface area contributed by atoms with Crippen molar-refractivity contribution in [2.75, 3.05) is 0 Å². The molecule has 0 radical (unpaired) electrons. The second-order valence-corrected chi connectivity index (χ2v) is 6.17. The van der Waals surface area contributed by atoms with Gasteiger partial charge in [-0.3, -0.25) is 9.78 Å². The highest BCUT2D eigenvalue weighted by atomic mass is 16.5. The van der Waals surface area contributed by atoms with E-state index >= 15 is 0 Å². The van der Waals surface area contributed by atoms with Crippen LogP contribution in [-0.2, 0) is 9.53 Å². The van der Waals surface area contributed by atoms with Gasteiger partial charge in [0, 0.05) is 18.4 Å². The van der Waals surface area contributed by atoms with Gasteiger partial charge >= 0.3 is 5.97 Å². The Labute approximate surface area is 131 Å². The number of nitrogens with one attached hydrogen (secondary N) is 1. The van der Waals surface area contributed by atoms with Crippen molar-refractivity contribution in [3.8, 4) is 0 Å². The first kappa shape index (κ1) is 16.5. The number of hydrogen-bond acceptors (Lipinski definition) is 4. The van der Waals surface area contributed by atoms with Gasteiger partial charge in [-0.25, -0.2) is 4.79 Å². The Morgan fingerprint density at radius 1 is 1.27 bits per heavy atom. The van der Waals surface area contributed by atoms with Crippen molar-refractivity contribution in [2.24, 2.45) is 11.8 Å². The molecule has 1 aliphatic carbocycles. The number of rotatable bonds is 4. The van der Waals surface area contributed by atoms with E-state index in [4.69, 9.17) is 4.74 Å². The molecule has 0 aromatic carbocycles. The molecule has 1 heterocycles. The highest BCUT2D eigenvalue weighted by molar-refractivity contribution is 5.92. The smallest absolute Gasteiger partial charge is 0.339 e. The number of nitrogens with zero attached hydrogens (tertiary/aromatic N) is 1.